The van der Waals surface area contributed by atoms with Gasteiger partial charge in [-0.3, -0.25) is 9.59 Å². The molecule has 2 heterocycles. The number of methoxy groups -OCH3 is 1. The maximum Gasteiger partial charge on any atom is 0.308 e. The van der Waals surface area contributed by atoms with Crippen LogP contribution < -0.4 is 10.6 Å². The topological polar surface area (TPSA) is 93.2 Å². The van der Waals surface area contributed by atoms with Gasteiger partial charge in [-0.2, -0.15) is 0 Å². The van der Waals surface area contributed by atoms with Crippen molar-refractivity contribution < 1.29 is 14.3 Å². The van der Waals surface area contributed by atoms with Crippen LogP contribution in [0.15, 0.2) is 0 Å². The Labute approximate surface area is 135 Å². The van der Waals surface area contributed by atoms with Crippen molar-refractivity contribution >= 4 is 17.7 Å². The van der Waals surface area contributed by atoms with E-state index in [1.807, 2.05) is 0 Å². The summed E-state index contributed by atoms with van der Waals surface area (Å²) in [7, 11) is 1.44. The molecule has 0 saturated heterocycles. The van der Waals surface area contributed by atoms with Gasteiger partial charge in [0.1, 0.15) is 17.3 Å². The van der Waals surface area contributed by atoms with Crippen LogP contribution in [0.2, 0.25) is 0 Å². The number of aryl methyl sites for hydroxylation is 1. The Morgan fingerprint density at radius 3 is 2.70 bits per heavy atom. The number of fused-ring (bicyclic) bond motifs is 1. The summed E-state index contributed by atoms with van der Waals surface area (Å²) in [6, 6.07) is 0.263. The molecule has 0 bridgehead atoms. The number of ether oxygens (including phenoxy) is 1. The molecule has 1 aromatic heterocycles. The molecule has 7 heteroatoms. The number of hydrogen-bond acceptors (Lipinski definition) is 6. The summed E-state index contributed by atoms with van der Waals surface area (Å²) in [5.41, 5.74) is 1.38. The molecule has 1 amide bonds. The third-order valence-corrected chi connectivity index (χ3v) is 4.60. The van der Waals surface area contributed by atoms with Gasteiger partial charge in [-0.15, -0.1) is 0 Å². The number of esters is 1. The van der Waals surface area contributed by atoms with Crippen molar-refractivity contribution in [2.45, 2.75) is 45.1 Å². The number of anilines is 1. The normalized spacial score (nSPS) is 23.7. The quantitative estimate of drug-likeness (QED) is 0.814. The fraction of sp³-hybridized carbons (Fsp3) is 0.625. The summed E-state index contributed by atoms with van der Waals surface area (Å²) in [5, 5.41) is 6.28. The minimum Gasteiger partial charge on any atom is -0.469 e. The summed E-state index contributed by atoms with van der Waals surface area (Å²) in [5.74, 6) is 1.12. The maximum absolute atomic E-state index is 12.0. The highest BCUT2D eigenvalue weighted by atomic mass is 16.5. The van der Waals surface area contributed by atoms with Gasteiger partial charge in [0.25, 0.3) is 5.91 Å². The molecule has 1 aliphatic carbocycles. The van der Waals surface area contributed by atoms with Gasteiger partial charge in [0.05, 0.1) is 13.0 Å². The van der Waals surface area contributed by atoms with Crippen LogP contribution in [0.4, 0.5) is 5.82 Å². The van der Waals surface area contributed by atoms with E-state index >= 15 is 0 Å². The van der Waals surface area contributed by atoms with E-state index in [0.717, 1.165) is 43.5 Å². The molecular formula is C16H22N4O3. The Morgan fingerprint density at radius 1 is 1.26 bits per heavy atom. The molecule has 2 aliphatic rings. The van der Waals surface area contributed by atoms with E-state index in [9.17, 15) is 9.59 Å². The van der Waals surface area contributed by atoms with Crippen molar-refractivity contribution in [1.29, 1.82) is 0 Å². The highest BCUT2D eigenvalue weighted by molar-refractivity contribution is 5.96. The third kappa shape index (κ3) is 3.28. The fourth-order valence-corrected chi connectivity index (χ4v) is 3.36. The zero-order chi connectivity index (χ0) is 16.4. The van der Waals surface area contributed by atoms with Crippen molar-refractivity contribution in [1.82, 2.24) is 15.3 Å². The lowest BCUT2D eigenvalue weighted by Gasteiger charge is -2.29. The maximum atomic E-state index is 12.0. The second kappa shape index (κ2) is 6.52. The number of carbonyl (C=O) groups is 2. The summed E-state index contributed by atoms with van der Waals surface area (Å²) in [6.45, 7) is 2.41. The summed E-state index contributed by atoms with van der Waals surface area (Å²) in [6.07, 6.45) is 4.16. The molecule has 0 aromatic carbocycles. The molecule has 2 N–H and O–H groups in total. The van der Waals surface area contributed by atoms with Gasteiger partial charge in [0.2, 0.25) is 0 Å². The number of nitrogens with zero attached hydrogens (tertiary/aromatic N) is 2. The highest BCUT2D eigenvalue weighted by Crippen LogP contribution is 2.29. The summed E-state index contributed by atoms with van der Waals surface area (Å²) in [4.78, 5) is 32.3. The lowest BCUT2D eigenvalue weighted by molar-refractivity contribution is -0.146. The van der Waals surface area contributed by atoms with E-state index < -0.39 is 0 Å². The zero-order valence-electron chi connectivity index (χ0n) is 13.5. The number of hydrogen-bond donors (Lipinski definition) is 2. The van der Waals surface area contributed by atoms with E-state index in [4.69, 9.17) is 4.74 Å². The highest BCUT2D eigenvalue weighted by Gasteiger charge is 2.29. The van der Waals surface area contributed by atoms with E-state index in [2.05, 4.69) is 20.6 Å². The predicted molar refractivity (Wildman–Crippen MR) is 84.2 cm³/mol. The molecular weight excluding hydrogens is 296 g/mol. The van der Waals surface area contributed by atoms with Gasteiger partial charge in [0, 0.05) is 18.2 Å². The summed E-state index contributed by atoms with van der Waals surface area (Å²) >= 11 is 0. The smallest absolute Gasteiger partial charge is 0.308 e. The molecule has 1 fully saturated rings. The Hall–Kier alpha value is -2.18. The van der Waals surface area contributed by atoms with Crippen LogP contribution in [0.1, 0.15) is 47.6 Å². The van der Waals surface area contributed by atoms with Crippen molar-refractivity contribution in [3.63, 3.8) is 0 Å². The van der Waals surface area contributed by atoms with Gasteiger partial charge in [0.15, 0.2) is 0 Å². The molecule has 7 nitrogen and oxygen atoms in total. The van der Waals surface area contributed by atoms with Crippen molar-refractivity contribution in [2.75, 3.05) is 19.0 Å². The number of rotatable bonds is 3. The van der Waals surface area contributed by atoms with Gasteiger partial charge >= 0.3 is 5.97 Å². The predicted octanol–water partition coefficient (Wildman–Crippen LogP) is 1.21. The average Bonchev–Trinajstić information content (AvgIpc) is 2.56. The second-order valence-electron chi connectivity index (χ2n) is 6.17. The van der Waals surface area contributed by atoms with Crippen LogP contribution in [-0.2, 0) is 16.0 Å². The molecule has 1 saturated carbocycles. The molecule has 0 atom stereocenters. The average molecular weight is 318 g/mol. The van der Waals surface area contributed by atoms with Crippen LogP contribution in [-0.4, -0.2) is 41.5 Å². The molecule has 0 radical (unpaired) electrons. The molecule has 124 valence electrons. The Kier molecular flexibility index (Phi) is 4.45. The van der Waals surface area contributed by atoms with Gasteiger partial charge in [-0.25, -0.2) is 9.97 Å². The Morgan fingerprint density at radius 2 is 2.00 bits per heavy atom. The van der Waals surface area contributed by atoms with Crippen LogP contribution in [0.5, 0.6) is 0 Å². The number of nitrogens with one attached hydrogen (secondary N) is 2. The molecule has 3 rings (SSSR count). The van der Waals surface area contributed by atoms with Gasteiger partial charge in [-0.05, 0) is 39.0 Å². The minimum absolute atomic E-state index is 0.00452. The number of carbonyl (C=O) groups excluding carboxylic acids is 2. The molecule has 0 unspecified atom stereocenters. The van der Waals surface area contributed by atoms with E-state index in [1.54, 1.807) is 6.92 Å². The molecule has 1 aliphatic heterocycles. The van der Waals surface area contributed by atoms with Gasteiger partial charge < -0.3 is 15.4 Å². The lowest BCUT2D eigenvalue weighted by Crippen LogP contribution is -2.35. The fourth-order valence-electron chi connectivity index (χ4n) is 3.36. The monoisotopic (exact) mass is 318 g/mol. The minimum atomic E-state index is -0.130. The SMILES string of the molecule is COC(=O)C1CCC(Nc2nc(C)nc3c2CCNC3=O)CC1. The lowest BCUT2D eigenvalue weighted by atomic mass is 9.86. The van der Waals surface area contributed by atoms with Crippen molar-refractivity contribution in [3.05, 3.63) is 17.1 Å². The first-order chi connectivity index (χ1) is 11.1. The van der Waals surface area contributed by atoms with Gasteiger partial charge in [-0.1, -0.05) is 0 Å². The van der Waals surface area contributed by atoms with E-state index in [0.29, 0.717) is 18.1 Å². The van der Waals surface area contributed by atoms with Crippen LogP contribution >= 0.6 is 0 Å². The van der Waals surface area contributed by atoms with E-state index in [1.165, 1.54) is 7.11 Å². The molecule has 0 spiro atoms. The molecule has 23 heavy (non-hydrogen) atoms. The zero-order valence-corrected chi connectivity index (χ0v) is 13.5. The van der Waals surface area contributed by atoms with Crippen LogP contribution in [0.25, 0.3) is 0 Å². The number of amides is 1. The number of aromatic nitrogens is 2. The Balaban J connectivity index is 1.72. The first-order valence-electron chi connectivity index (χ1n) is 8.08. The second-order valence-corrected chi connectivity index (χ2v) is 6.17. The standard InChI is InChI=1S/C16H22N4O3/c1-9-18-13-12(7-8-17-15(13)21)14(19-9)20-11-5-3-10(4-6-11)16(22)23-2/h10-11H,3-8H2,1-2H3,(H,17,21)(H,18,19,20). The largest absolute Gasteiger partial charge is 0.469 e. The van der Waals surface area contributed by atoms with E-state index in [-0.39, 0.29) is 23.8 Å². The first-order valence-corrected chi connectivity index (χ1v) is 8.08. The third-order valence-electron chi connectivity index (χ3n) is 4.60. The summed E-state index contributed by atoms with van der Waals surface area (Å²) < 4.78 is 4.82. The first kappa shape index (κ1) is 15.7. The van der Waals surface area contributed by atoms with Crippen LogP contribution in [0, 0.1) is 12.8 Å². The van der Waals surface area contributed by atoms with Crippen molar-refractivity contribution in [3.8, 4) is 0 Å². The Bertz CT molecular complexity index is 624. The van der Waals surface area contributed by atoms with Crippen LogP contribution in [0.3, 0.4) is 0 Å². The molecule has 1 aromatic rings. The van der Waals surface area contributed by atoms with Crippen molar-refractivity contribution in [2.24, 2.45) is 5.92 Å².